The fourth-order valence-corrected chi connectivity index (χ4v) is 2.25. The van der Waals surface area contributed by atoms with Gasteiger partial charge < -0.3 is 10.2 Å². The lowest BCUT2D eigenvalue weighted by atomic mass is 10.2. The molecule has 88 valence electrons. The summed E-state index contributed by atoms with van der Waals surface area (Å²) in [5.41, 5.74) is 0.753. The lowest BCUT2D eigenvalue weighted by Crippen LogP contribution is -2.35. The topological polar surface area (TPSA) is 15.3 Å². The Morgan fingerprint density at radius 1 is 1.44 bits per heavy atom. The van der Waals surface area contributed by atoms with Crippen molar-refractivity contribution in [2.45, 2.75) is 25.4 Å². The maximum absolute atomic E-state index is 13.3. The number of rotatable bonds is 4. The molecule has 1 aromatic rings. The van der Waals surface area contributed by atoms with Crippen LogP contribution in [0.1, 0.15) is 18.4 Å². The Kier molecular flexibility index (Phi) is 3.91. The van der Waals surface area contributed by atoms with Gasteiger partial charge in [0.05, 0.1) is 0 Å². The molecule has 0 bridgehead atoms. The predicted molar refractivity (Wildman–Crippen MR) is 63.8 cm³/mol. The Labute approximate surface area is 96.5 Å². The van der Waals surface area contributed by atoms with Gasteiger partial charge in [0.25, 0.3) is 0 Å². The predicted octanol–water partition coefficient (Wildman–Crippen LogP) is 2.01. The first kappa shape index (κ1) is 11.6. The highest BCUT2D eigenvalue weighted by atomic mass is 19.1. The van der Waals surface area contributed by atoms with Gasteiger partial charge >= 0.3 is 0 Å². The van der Waals surface area contributed by atoms with E-state index in [-0.39, 0.29) is 5.82 Å². The van der Waals surface area contributed by atoms with E-state index in [1.165, 1.54) is 25.5 Å². The molecule has 0 amide bonds. The molecule has 0 radical (unpaired) electrons. The molecule has 2 nitrogen and oxygen atoms in total. The van der Waals surface area contributed by atoms with Gasteiger partial charge in [-0.3, -0.25) is 0 Å². The molecule has 0 aromatic heterocycles. The molecule has 0 aliphatic carbocycles. The highest BCUT2D eigenvalue weighted by molar-refractivity contribution is 5.16. The number of likely N-dealkylation sites (N-methyl/N-ethyl adjacent to an activating group) is 1. The van der Waals surface area contributed by atoms with Crippen LogP contribution in [0.2, 0.25) is 0 Å². The van der Waals surface area contributed by atoms with Gasteiger partial charge in [0.15, 0.2) is 0 Å². The fraction of sp³-hybridized carbons (Fsp3) is 0.538. The SMILES string of the molecule is CN1CCCC1CNCc1ccccc1F. The van der Waals surface area contributed by atoms with Crippen LogP contribution in [0.4, 0.5) is 4.39 Å². The number of hydrogen-bond donors (Lipinski definition) is 1. The Hall–Kier alpha value is -0.930. The van der Waals surface area contributed by atoms with E-state index >= 15 is 0 Å². The van der Waals surface area contributed by atoms with Gasteiger partial charge in [-0.15, -0.1) is 0 Å². The average molecular weight is 222 g/mol. The minimum Gasteiger partial charge on any atom is -0.311 e. The van der Waals surface area contributed by atoms with E-state index in [2.05, 4.69) is 17.3 Å². The molecule has 2 rings (SSSR count). The van der Waals surface area contributed by atoms with Crippen LogP contribution in [0.25, 0.3) is 0 Å². The second kappa shape index (κ2) is 5.41. The first-order valence-electron chi connectivity index (χ1n) is 5.92. The number of likely N-dealkylation sites (tertiary alicyclic amines) is 1. The van der Waals surface area contributed by atoms with E-state index in [4.69, 9.17) is 0 Å². The minimum atomic E-state index is -0.116. The maximum atomic E-state index is 13.3. The summed E-state index contributed by atoms with van der Waals surface area (Å²) < 4.78 is 13.3. The summed E-state index contributed by atoms with van der Waals surface area (Å²) in [6, 6.07) is 7.57. The molecule has 1 saturated heterocycles. The van der Waals surface area contributed by atoms with Crippen LogP contribution in [0, 0.1) is 5.82 Å². The van der Waals surface area contributed by atoms with Crippen molar-refractivity contribution in [2.24, 2.45) is 0 Å². The largest absolute Gasteiger partial charge is 0.311 e. The Balaban J connectivity index is 1.78. The van der Waals surface area contributed by atoms with Gasteiger partial charge in [-0.25, -0.2) is 4.39 Å². The molecular formula is C13H19FN2. The number of nitrogens with zero attached hydrogens (tertiary/aromatic N) is 1. The van der Waals surface area contributed by atoms with Crippen molar-refractivity contribution < 1.29 is 4.39 Å². The summed E-state index contributed by atoms with van der Waals surface area (Å²) in [5, 5.41) is 3.33. The normalized spacial score (nSPS) is 21.5. The van der Waals surface area contributed by atoms with Crippen LogP contribution in [-0.4, -0.2) is 31.1 Å². The number of benzene rings is 1. The summed E-state index contributed by atoms with van der Waals surface area (Å²) in [6.07, 6.45) is 2.53. The average Bonchev–Trinajstić information content (AvgIpc) is 2.67. The Morgan fingerprint density at radius 3 is 2.94 bits per heavy atom. The molecule has 1 atom stereocenters. The summed E-state index contributed by atoms with van der Waals surface area (Å²) in [5.74, 6) is -0.116. The summed E-state index contributed by atoms with van der Waals surface area (Å²) in [6.45, 7) is 2.76. The summed E-state index contributed by atoms with van der Waals surface area (Å²) >= 11 is 0. The molecule has 1 heterocycles. The Morgan fingerprint density at radius 2 is 2.25 bits per heavy atom. The van der Waals surface area contributed by atoms with Crippen LogP contribution in [-0.2, 0) is 6.54 Å². The highest BCUT2D eigenvalue weighted by Gasteiger charge is 2.19. The zero-order chi connectivity index (χ0) is 11.4. The fourth-order valence-electron chi connectivity index (χ4n) is 2.25. The van der Waals surface area contributed by atoms with E-state index < -0.39 is 0 Å². The van der Waals surface area contributed by atoms with Crippen molar-refractivity contribution in [3.8, 4) is 0 Å². The highest BCUT2D eigenvalue weighted by Crippen LogP contribution is 2.14. The second-order valence-corrected chi connectivity index (χ2v) is 4.50. The molecule has 1 unspecified atom stereocenters. The first-order chi connectivity index (χ1) is 7.77. The molecule has 1 aliphatic heterocycles. The molecule has 16 heavy (non-hydrogen) atoms. The molecule has 3 heteroatoms. The monoisotopic (exact) mass is 222 g/mol. The zero-order valence-electron chi connectivity index (χ0n) is 9.75. The van der Waals surface area contributed by atoms with E-state index in [0.717, 1.165) is 12.1 Å². The molecule has 0 saturated carbocycles. The van der Waals surface area contributed by atoms with E-state index in [1.807, 2.05) is 12.1 Å². The van der Waals surface area contributed by atoms with Crippen LogP contribution in [0.15, 0.2) is 24.3 Å². The van der Waals surface area contributed by atoms with Gasteiger partial charge in [0.1, 0.15) is 5.82 Å². The molecule has 0 spiro atoms. The standard InChI is InChI=1S/C13H19FN2/c1-16-8-4-6-12(16)10-15-9-11-5-2-3-7-13(11)14/h2-3,5,7,12,15H,4,6,8-10H2,1H3. The van der Waals surface area contributed by atoms with Crippen molar-refractivity contribution >= 4 is 0 Å². The quantitative estimate of drug-likeness (QED) is 0.838. The van der Waals surface area contributed by atoms with Crippen molar-refractivity contribution in [3.63, 3.8) is 0 Å². The van der Waals surface area contributed by atoms with E-state index in [9.17, 15) is 4.39 Å². The molecular weight excluding hydrogens is 203 g/mol. The van der Waals surface area contributed by atoms with Gasteiger partial charge in [-0.2, -0.15) is 0 Å². The van der Waals surface area contributed by atoms with Gasteiger partial charge in [-0.1, -0.05) is 18.2 Å². The summed E-state index contributed by atoms with van der Waals surface area (Å²) in [7, 11) is 2.16. The number of nitrogens with one attached hydrogen (secondary N) is 1. The zero-order valence-corrected chi connectivity index (χ0v) is 9.75. The minimum absolute atomic E-state index is 0.116. The summed E-state index contributed by atoms with van der Waals surface area (Å²) in [4.78, 5) is 2.37. The van der Waals surface area contributed by atoms with Crippen LogP contribution in [0.3, 0.4) is 0 Å². The van der Waals surface area contributed by atoms with Crippen molar-refractivity contribution in [1.29, 1.82) is 0 Å². The van der Waals surface area contributed by atoms with Crippen molar-refractivity contribution in [3.05, 3.63) is 35.6 Å². The van der Waals surface area contributed by atoms with Crippen molar-refractivity contribution in [2.75, 3.05) is 20.1 Å². The van der Waals surface area contributed by atoms with Crippen LogP contribution >= 0.6 is 0 Å². The molecule has 1 N–H and O–H groups in total. The third kappa shape index (κ3) is 2.80. The second-order valence-electron chi connectivity index (χ2n) is 4.50. The van der Waals surface area contributed by atoms with E-state index in [0.29, 0.717) is 12.6 Å². The third-order valence-corrected chi connectivity index (χ3v) is 3.32. The lowest BCUT2D eigenvalue weighted by molar-refractivity contribution is 0.300. The molecule has 1 aliphatic rings. The molecule has 1 aromatic carbocycles. The van der Waals surface area contributed by atoms with Gasteiger partial charge in [0.2, 0.25) is 0 Å². The smallest absolute Gasteiger partial charge is 0.127 e. The van der Waals surface area contributed by atoms with Crippen LogP contribution in [0.5, 0.6) is 0 Å². The lowest BCUT2D eigenvalue weighted by Gasteiger charge is -2.19. The number of halogens is 1. The third-order valence-electron chi connectivity index (χ3n) is 3.32. The van der Waals surface area contributed by atoms with Gasteiger partial charge in [0, 0.05) is 24.7 Å². The molecule has 1 fully saturated rings. The number of hydrogen-bond acceptors (Lipinski definition) is 2. The maximum Gasteiger partial charge on any atom is 0.127 e. The first-order valence-corrected chi connectivity index (χ1v) is 5.92. The van der Waals surface area contributed by atoms with Crippen molar-refractivity contribution in [1.82, 2.24) is 10.2 Å². The van der Waals surface area contributed by atoms with Crippen LogP contribution < -0.4 is 5.32 Å². The Bertz CT molecular complexity index is 340. The van der Waals surface area contributed by atoms with Gasteiger partial charge in [-0.05, 0) is 32.5 Å². The van der Waals surface area contributed by atoms with E-state index in [1.54, 1.807) is 6.07 Å².